The third-order valence-electron chi connectivity index (χ3n) is 2.11. The van der Waals surface area contributed by atoms with Crippen molar-refractivity contribution in [1.82, 2.24) is 10.3 Å². The molecule has 1 heterocycles. The van der Waals surface area contributed by atoms with E-state index in [0.29, 0.717) is 11.4 Å². The summed E-state index contributed by atoms with van der Waals surface area (Å²) in [4.78, 5) is 26.7. The van der Waals surface area contributed by atoms with Crippen LogP contribution in [0.3, 0.4) is 0 Å². The van der Waals surface area contributed by atoms with Gasteiger partial charge >= 0.3 is 5.97 Å². The summed E-state index contributed by atoms with van der Waals surface area (Å²) in [5.41, 5.74) is 0.349. The Morgan fingerprint density at radius 2 is 2.06 bits per heavy atom. The van der Waals surface area contributed by atoms with Crippen LogP contribution in [0.4, 0.5) is 0 Å². The maximum absolute atomic E-state index is 11.7. The first kappa shape index (κ1) is 13.0. The number of hydrogen-bond acceptors (Lipinski definition) is 5. The van der Waals surface area contributed by atoms with Crippen molar-refractivity contribution in [3.05, 3.63) is 23.9 Å². The number of carbonyl (C=O) groups is 2. The van der Waals surface area contributed by atoms with Crippen LogP contribution in [0.2, 0.25) is 0 Å². The molecule has 0 aliphatic carbocycles. The normalized spacial score (nSPS) is 11.5. The molecule has 0 aliphatic rings. The second-order valence-electron chi connectivity index (χ2n) is 3.31. The van der Waals surface area contributed by atoms with Crippen LogP contribution in [0, 0.1) is 0 Å². The lowest BCUT2D eigenvalue weighted by Crippen LogP contribution is -2.39. The Morgan fingerprint density at radius 3 is 2.53 bits per heavy atom. The average molecular weight is 238 g/mol. The molecule has 0 aromatic carbocycles. The molecule has 0 aliphatic heterocycles. The molecule has 1 aromatic heterocycles. The largest absolute Gasteiger partial charge is 0.481 e. The SMILES string of the molecule is COC(=O)C(C)NC(=O)c1ccc(OC)nc1. The van der Waals surface area contributed by atoms with Gasteiger partial charge in [0.2, 0.25) is 5.88 Å². The van der Waals surface area contributed by atoms with E-state index >= 15 is 0 Å². The smallest absolute Gasteiger partial charge is 0.328 e. The topological polar surface area (TPSA) is 77.5 Å². The van der Waals surface area contributed by atoms with Crippen molar-refractivity contribution in [2.45, 2.75) is 13.0 Å². The van der Waals surface area contributed by atoms with Crippen LogP contribution < -0.4 is 10.1 Å². The average Bonchev–Trinajstić information content (AvgIpc) is 2.37. The highest BCUT2D eigenvalue weighted by Gasteiger charge is 2.16. The van der Waals surface area contributed by atoms with Gasteiger partial charge in [0, 0.05) is 12.3 Å². The monoisotopic (exact) mass is 238 g/mol. The summed E-state index contributed by atoms with van der Waals surface area (Å²) >= 11 is 0. The number of esters is 1. The Labute approximate surface area is 98.9 Å². The lowest BCUT2D eigenvalue weighted by atomic mass is 10.2. The molecule has 92 valence electrons. The highest BCUT2D eigenvalue weighted by molar-refractivity contribution is 5.96. The standard InChI is InChI=1S/C11H14N2O4/c1-7(11(15)17-3)13-10(14)8-4-5-9(16-2)12-6-8/h4-7H,1-3H3,(H,13,14). The van der Waals surface area contributed by atoms with Gasteiger partial charge in [-0.3, -0.25) is 4.79 Å². The summed E-state index contributed by atoms with van der Waals surface area (Å²) in [6.45, 7) is 1.54. The molecule has 1 amide bonds. The molecule has 1 rings (SSSR count). The quantitative estimate of drug-likeness (QED) is 0.767. The van der Waals surface area contributed by atoms with Gasteiger partial charge in [0.15, 0.2) is 0 Å². The lowest BCUT2D eigenvalue weighted by Gasteiger charge is -2.11. The zero-order valence-electron chi connectivity index (χ0n) is 9.89. The van der Waals surface area contributed by atoms with Crippen LogP contribution >= 0.6 is 0 Å². The summed E-state index contributed by atoms with van der Waals surface area (Å²) in [5.74, 6) is -0.472. The van der Waals surface area contributed by atoms with Crippen LogP contribution in [0.25, 0.3) is 0 Å². The molecule has 0 bridgehead atoms. The summed E-state index contributed by atoms with van der Waals surface area (Å²) in [7, 11) is 2.75. The third-order valence-corrected chi connectivity index (χ3v) is 2.11. The first-order valence-electron chi connectivity index (χ1n) is 4.97. The Kier molecular flexibility index (Phi) is 4.45. The predicted octanol–water partition coefficient (Wildman–Crippen LogP) is 0.381. The maximum Gasteiger partial charge on any atom is 0.328 e. The molecule has 1 aromatic rings. The van der Waals surface area contributed by atoms with Gasteiger partial charge < -0.3 is 14.8 Å². The minimum atomic E-state index is -0.699. The molecule has 0 saturated heterocycles. The van der Waals surface area contributed by atoms with E-state index in [9.17, 15) is 9.59 Å². The third kappa shape index (κ3) is 3.44. The second kappa shape index (κ2) is 5.83. The fraction of sp³-hybridized carbons (Fsp3) is 0.364. The number of aromatic nitrogens is 1. The van der Waals surface area contributed by atoms with Gasteiger partial charge in [0.05, 0.1) is 19.8 Å². The second-order valence-corrected chi connectivity index (χ2v) is 3.31. The van der Waals surface area contributed by atoms with Crippen molar-refractivity contribution in [3.8, 4) is 5.88 Å². The van der Waals surface area contributed by atoms with Crippen LogP contribution in [0.1, 0.15) is 17.3 Å². The minimum Gasteiger partial charge on any atom is -0.481 e. The first-order chi connectivity index (χ1) is 8.08. The molecular formula is C11H14N2O4. The zero-order valence-corrected chi connectivity index (χ0v) is 9.89. The minimum absolute atomic E-state index is 0.349. The maximum atomic E-state index is 11.7. The van der Waals surface area contributed by atoms with Gasteiger partial charge in [-0.05, 0) is 13.0 Å². The molecule has 6 nitrogen and oxygen atoms in total. The van der Waals surface area contributed by atoms with E-state index in [0.717, 1.165) is 0 Å². The molecule has 0 saturated carbocycles. The van der Waals surface area contributed by atoms with Gasteiger partial charge in [-0.15, -0.1) is 0 Å². The number of amides is 1. The molecule has 0 radical (unpaired) electrons. The molecular weight excluding hydrogens is 224 g/mol. The number of methoxy groups -OCH3 is 2. The number of carbonyl (C=O) groups excluding carboxylic acids is 2. The Bertz CT molecular complexity index is 402. The number of nitrogens with one attached hydrogen (secondary N) is 1. The van der Waals surface area contributed by atoms with Crippen molar-refractivity contribution < 1.29 is 19.1 Å². The van der Waals surface area contributed by atoms with Gasteiger partial charge in [-0.25, -0.2) is 9.78 Å². The van der Waals surface area contributed by atoms with Gasteiger partial charge in [0.25, 0.3) is 5.91 Å². The van der Waals surface area contributed by atoms with E-state index in [4.69, 9.17) is 4.74 Å². The number of nitrogens with zero attached hydrogens (tertiary/aromatic N) is 1. The summed E-state index contributed by atoms with van der Waals surface area (Å²) in [5, 5.41) is 2.49. The molecule has 1 N–H and O–H groups in total. The van der Waals surface area contributed by atoms with E-state index in [1.165, 1.54) is 20.4 Å². The Balaban J connectivity index is 2.66. The summed E-state index contributed by atoms with van der Waals surface area (Å²) in [6, 6.07) is 2.43. The summed E-state index contributed by atoms with van der Waals surface area (Å²) in [6.07, 6.45) is 1.37. The highest BCUT2D eigenvalue weighted by atomic mass is 16.5. The van der Waals surface area contributed by atoms with Gasteiger partial charge in [0.1, 0.15) is 6.04 Å². The van der Waals surface area contributed by atoms with E-state index in [2.05, 4.69) is 15.0 Å². The van der Waals surface area contributed by atoms with E-state index in [-0.39, 0.29) is 0 Å². The number of pyridine rings is 1. The van der Waals surface area contributed by atoms with Crippen molar-refractivity contribution in [3.63, 3.8) is 0 Å². The first-order valence-corrected chi connectivity index (χ1v) is 4.97. The zero-order chi connectivity index (χ0) is 12.8. The number of rotatable bonds is 4. The molecule has 0 spiro atoms. The number of hydrogen-bond donors (Lipinski definition) is 1. The highest BCUT2D eigenvalue weighted by Crippen LogP contribution is 2.06. The fourth-order valence-electron chi connectivity index (χ4n) is 1.15. The van der Waals surface area contributed by atoms with Crippen molar-refractivity contribution in [2.24, 2.45) is 0 Å². The van der Waals surface area contributed by atoms with Gasteiger partial charge in [-0.1, -0.05) is 0 Å². The molecule has 1 atom stereocenters. The Morgan fingerprint density at radius 1 is 1.35 bits per heavy atom. The van der Waals surface area contributed by atoms with E-state index in [1.54, 1.807) is 19.1 Å². The summed E-state index contributed by atoms with van der Waals surface area (Å²) < 4.78 is 9.36. The number of ether oxygens (including phenoxy) is 2. The molecule has 0 fully saturated rings. The van der Waals surface area contributed by atoms with E-state index < -0.39 is 17.9 Å². The lowest BCUT2D eigenvalue weighted by molar-refractivity contribution is -0.142. The molecule has 17 heavy (non-hydrogen) atoms. The molecule has 6 heteroatoms. The molecule has 1 unspecified atom stereocenters. The van der Waals surface area contributed by atoms with E-state index in [1.807, 2.05) is 0 Å². The fourth-order valence-corrected chi connectivity index (χ4v) is 1.15. The van der Waals surface area contributed by atoms with Crippen LogP contribution in [-0.2, 0) is 9.53 Å². The van der Waals surface area contributed by atoms with Crippen LogP contribution in [0.15, 0.2) is 18.3 Å². The van der Waals surface area contributed by atoms with Crippen molar-refractivity contribution in [2.75, 3.05) is 14.2 Å². The Hall–Kier alpha value is -2.11. The van der Waals surface area contributed by atoms with Gasteiger partial charge in [-0.2, -0.15) is 0 Å². The van der Waals surface area contributed by atoms with Crippen LogP contribution in [0.5, 0.6) is 5.88 Å². The predicted molar refractivity (Wildman–Crippen MR) is 59.7 cm³/mol. The van der Waals surface area contributed by atoms with Crippen molar-refractivity contribution >= 4 is 11.9 Å². The van der Waals surface area contributed by atoms with Crippen LogP contribution in [-0.4, -0.2) is 37.1 Å². The van der Waals surface area contributed by atoms with Crippen molar-refractivity contribution in [1.29, 1.82) is 0 Å².